The lowest BCUT2D eigenvalue weighted by Crippen LogP contribution is -2.27. The molecule has 0 fully saturated rings. The van der Waals surface area contributed by atoms with Crippen molar-refractivity contribution in [3.8, 4) is 0 Å². The van der Waals surface area contributed by atoms with E-state index in [0.29, 0.717) is 11.5 Å². The quantitative estimate of drug-likeness (QED) is 0.714. The number of hydrogen-bond acceptors (Lipinski definition) is 3. The number of thiophene rings is 1. The summed E-state index contributed by atoms with van der Waals surface area (Å²) in [5.41, 5.74) is 0. The van der Waals surface area contributed by atoms with Crippen LogP contribution in [0.25, 0.3) is 0 Å². The first-order valence-electron chi connectivity index (χ1n) is 4.01. The summed E-state index contributed by atoms with van der Waals surface area (Å²) in [5, 5.41) is 14.2. The van der Waals surface area contributed by atoms with Gasteiger partial charge in [0.05, 0.1) is 5.00 Å². The van der Waals surface area contributed by atoms with Gasteiger partial charge >= 0.3 is 12.0 Å². The maximum absolute atomic E-state index is 11.0. The van der Waals surface area contributed by atoms with E-state index >= 15 is 0 Å². The summed E-state index contributed by atoms with van der Waals surface area (Å²) in [6.45, 7) is 2.33. The minimum atomic E-state index is -0.987. The lowest BCUT2D eigenvalue weighted by atomic mass is 10.5. The Hall–Kier alpha value is -1.56. The first-order valence-corrected chi connectivity index (χ1v) is 4.83. The van der Waals surface area contributed by atoms with Gasteiger partial charge in [-0.05, 0) is 19.1 Å². The molecule has 14 heavy (non-hydrogen) atoms. The zero-order valence-corrected chi connectivity index (χ0v) is 8.35. The van der Waals surface area contributed by atoms with Gasteiger partial charge in [0.25, 0.3) is 0 Å². The second kappa shape index (κ2) is 4.61. The van der Waals surface area contributed by atoms with E-state index < -0.39 is 5.97 Å². The number of hydrogen-bond donors (Lipinski definition) is 3. The standard InChI is InChI=1S/C8H10N2O3S/c1-2-9-8(13)10-6-4-3-5(14-6)7(11)12/h3-4H,2H2,1H3,(H,11,12)(H2,9,10,13). The van der Waals surface area contributed by atoms with Crippen LogP contribution in [0.2, 0.25) is 0 Å². The van der Waals surface area contributed by atoms with Crippen LogP contribution in [0.4, 0.5) is 9.80 Å². The van der Waals surface area contributed by atoms with E-state index in [2.05, 4.69) is 10.6 Å². The molecular weight excluding hydrogens is 204 g/mol. The Labute approximate surface area is 84.7 Å². The molecular formula is C8H10N2O3S. The fourth-order valence-electron chi connectivity index (χ4n) is 0.837. The fourth-order valence-corrected chi connectivity index (χ4v) is 1.58. The number of anilines is 1. The zero-order chi connectivity index (χ0) is 10.6. The Balaban J connectivity index is 2.59. The molecule has 1 aromatic rings. The number of carboxylic acid groups (broad SMARTS) is 1. The Morgan fingerprint density at radius 1 is 1.50 bits per heavy atom. The first kappa shape index (κ1) is 10.5. The highest BCUT2D eigenvalue weighted by Crippen LogP contribution is 2.21. The number of amides is 2. The van der Waals surface area contributed by atoms with Crippen LogP contribution in [0.3, 0.4) is 0 Å². The number of carbonyl (C=O) groups excluding carboxylic acids is 1. The van der Waals surface area contributed by atoms with Crippen LogP contribution < -0.4 is 10.6 Å². The van der Waals surface area contributed by atoms with Gasteiger partial charge in [-0.3, -0.25) is 5.32 Å². The predicted octanol–water partition coefficient (Wildman–Crippen LogP) is 1.59. The molecule has 1 heterocycles. The van der Waals surface area contributed by atoms with E-state index in [1.54, 1.807) is 13.0 Å². The Morgan fingerprint density at radius 3 is 2.71 bits per heavy atom. The molecule has 76 valence electrons. The van der Waals surface area contributed by atoms with Gasteiger partial charge in [0.15, 0.2) is 0 Å². The summed E-state index contributed by atoms with van der Waals surface area (Å²) in [7, 11) is 0. The summed E-state index contributed by atoms with van der Waals surface area (Å²) < 4.78 is 0. The van der Waals surface area contributed by atoms with E-state index in [-0.39, 0.29) is 10.9 Å². The molecule has 0 radical (unpaired) electrons. The van der Waals surface area contributed by atoms with Crippen molar-refractivity contribution in [1.29, 1.82) is 0 Å². The van der Waals surface area contributed by atoms with Crippen LogP contribution in [0.5, 0.6) is 0 Å². The largest absolute Gasteiger partial charge is 0.477 e. The normalized spacial score (nSPS) is 9.50. The Kier molecular flexibility index (Phi) is 3.47. The van der Waals surface area contributed by atoms with E-state index in [1.807, 2.05) is 0 Å². The van der Waals surface area contributed by atoms with Gasteiger partial charge in [-0.2, -0.15) is 0 Å². The van der Waals surface area contributed by atoms with Gasteiger partial charge in [-0.1, -0.05) is 0 Å². The fraction of sp³-hybridized carbons (Fsp3) is 0.250. The molecule has 0 spiro atoms. The number of urea groups is 1. The number of rotatable bonds is 3. The Morgan fingerprint density at radius 2 is 2.21 bits per heavy atom. The molecule has 3 N–H and O–H groups in total. The zero-order valence-electron chi connectivity index (χ0n) is 7.53. The third-order valence-electron chi connectivity index (χ3n) is 1.39. The molecule has 0 aliphatic rings. The van der Waals surface area contributed by atoms with Gasteiger partial charge in [0.1, 0.15) is 4.88 Å². The Bertz CT molecular complexity index is 348. The van der Waals surface area contributed by atoms with Crippen LogP contribution in [0, 0.1) is 0 Å². The molecule has 1 aromatic heterocycles. The van der Waals surface area contributed by atoms with Crippen molar-refractivity contribution in [2.45, 2.75) is 6.92 Å². The third kappa shape index (κ3) is 2.74. The average Bonchev–Trinajstić information content (AvgIpc) is 2.53. The summed E-state index contributed by atoms with van der Waals surface area (Å²) >= 11 is 1.02. The highest BCUT2D eigenvalue weighted by molar-refractivity contribution is 7.18. The second-order valence-electron chi connectivity index (χ2n) is 2.45. The van der Waals surface area contributed by atoms with Crippen molar-refractivity contribution in [2.75, 3.05) is 11.9 Å². The van der Waals surface area contributed by atoms with Crippen LogP contribution in [0.1, 0.15) is 16.6 Å². The van der Waals surface area contributed by atoms with Crippen LogP contribution in [0.15, 0.2) is 12.1 Å². The van der Waals surface area contributed by atoms with E-state index in [9.17, 15) is 9.59 Å². The molecule has 0 bridgehead atoms. The van der Waals surface area contributed by atoms with Crippen molar-refractivity contribution < 1.29 is 14.7 Å². The third-order valence-corrected chi connectivity index (χ3v) is 2.38. The molecule has 6 heteroatoms. The number of carboxylic acids is 1. The summed E-state index contributed by atoms with van der Waals surface area (Å²) in [6, 6.07) is 2.68. The smallest absolute Gasteiger partial charge is 0.345 e. The second-order valence-corrected chi connectivity index (χ2v) is 3.54. The van der Waals surface area contributed by atoms with Gasteiger partial charge in [-0.25, -0.2) is 9.59 Å². The average molecular weight is 214 g/mol. The van der Waals surface area contributed by atoms with Crippen molar-refractivity contribution >= 4 is 28.3 Å². The molecule has 0 atom stereocenters. The van der Waals surface area contributed by atoms with Gasteiger partial charge < -0.3 is 10.4 Å². The number of carbonyl (C=O) groups is 2. The highest BCUT2D eigenvalue weighted by atomic mass is 32.1. The van der Waals surface area contributed by atoms with E-state index in [1.165, 1.54) is 6.07 Å². The number of nitrogens with one attached hydrogen (secondary N) is 2. The molecule has 1 rings (SSSR count). The van der Waals surface area contributed by atoms with Crippen molar-refractivity contribution in [1.82, 2.24) is 5.32 Å². The molecule has 5 nitrogen and oxygen atoms in total. The monoisotopic (exact) mass is 214 g/mol. The van der Waals surface area contributed by atoms with Crippen molar-refractivity contribution in [3.63, 3.8) is 0 Å². The molecule has 0 saturated carbocycles. The molecule has 0 aliphatic heterocycles. The van der Waals surface area contributed by atoms with Crippen molar-refractivity contribution in [3.05, 3.63) is 17.0 Å². The molecule has 0 aromatic carbocycles. The number of aromatic carboxylic acids is 1. The summed E-state index contributed by atoms with van der Waals surface area (Å²) in [4.78, 5) is 21.7. The van der Waals surface area contributed by atoms with Gasteiger partial charge in [0.2, 0.25) is 0 Å². The van der Waals surface area contributed by atoms with E-state index in [0.717, 1.165) is 11.3 Å². The SMILES string of the molecule is CCNC(=O)Nc1ccc(C(=O)O)s1. The molecule has 2 amide bonds. The van der Waals surface area contributed by atoms with Gasteiger partial charge in [0, 0.05) is 6.54 Å². The maximum Gasteiger partial charge on any atom is 0.345 e. The van der Waals surface area contributed by atoms with Crippen LogP contribution >= 0.6 is 11.3 Å². The van der Waals surface area contributed by atoms with E-state index in [4.69, 9.17) is 5.11 Å². The summed E-state index contributed by atoms with van der Waals surface area (Å²) in [6.07, 6.45) is 0. The maximum atomic E-state index is 11.0. The molecule has 0 aliphatic carbocycles. The predicted molar refractivity (Wildman–Crippen MR) is 54.0 cm³/mol. The molecule has 0 saturated heterocycles. The van der Waals surface area contributed by atoms with Crippen LogP contribution in [-0.4, -0.2) is 23.7 Å². The minimum absolute atomic E-state index is 0.205. The lowest BCUT2D eigenvalue weighted by molar-refractivity contribution is 0.0702. The van der Waals surface area contributed by atoms with Crippen molar-refractivity contribution in [2.24, 2.45) is 0 Å². The highest BCUT2D eigenvalue weighted by Gasteiger charge is 2.08. The molecule has 0 unspecified atom stereocenters. The van der Waals surface area contributed by atoms with Gasteiger partial charge in [-0.15, -0.1) is 11.3 Å². The van der Waals surface area contributed by atoms with Crippen LogP contribution in [-0.2, 0) is 0 Å². The minimum Gasteiger partial charge on any atom is -0.477 e. The lowest BCUT2D eigenvalue weighted by Gasteiger charge is -2.01. The summed E-state index contributed by atoms with van der Waals surface area (Å²) in [5.74, 6) is -0.987. The topological polar surface area (TPSA) is 78.4 Å². The first-order chi connectivity index (χ1) is 6.63.